The Balaban J connectivity index is 2.27. The number of carboxylic acid groups (broad SMARTS) is 1. The predicted molar refractivity (Wildman–Crippen MR) is 148 cm³/mol. The van der Waals surface area contributed by atoms with Crippen LogP contribution < -0.4 is 0 Å². The van der Waals surface area contributed by atoms with E-state index in [0.717, 1.165) is 11.1 Å². The summed E-state index contributed by atoms with van der Waals surface area (Å²) in [5, 5.41) is 33.2. The number of hydrogen-bond donors (Lipinski definition) is 3. The van der Waals surface area contributed by atoms with Gasteiger partial charge in [0.05, 0.1) is 22.3 Å². The number of fused-ring (bicyclic) bond motifs is 1. The maximum atomic E-state index is 13.3. The molecule has 1 aliphatic rings. The van der Waals surface area contributed by atoms with E-state index in [1.165, 1.54) is 18.2 Å². The molecule has 194 valence electrons. The molecule has 0 spiro atoms. The summed E-state index contributed by atoms with van der Waals surface area (Å²) in [6.07, 6.45) is 2.37. The van der Waals surface area contributed by atoms with Gasteiger partial charge >= 0.3 is 11.9 Å². The van der Waals surface area contributed by atoms with Crippen molar-refractivity contribution < 1.29 is 29.6 Å². The number of carbonyl (C=O) groups is 2. The zero-order valence-electron chi connectivity index (χ0n) is 21.0. The van der Waals surface area contributed by atoms with Crippen molar-refractivity contribution in [3.05, 3.63) is 89.3 Å². The summed E-state index contributed by atoms with van der Waals surface area (Å²) in [4.78, 5) is 25.3. The van der Waals surface area contributed by atoms with Crippen molar-refractivity contribution in [3.63, 3.8) is 0 Å². The number of rotatable bonds is 7. The van der Waals surface area contributed by atoms with Crippen LogP contribution in [0.5, 0.6) is 11.5 Å². The first-order valence-corrected chi connectivity index (χ1v) is 13.8. The number of ether oxygens (including phenoxy) is 1. The van der Waals surface area contributed by atoms with Gasteiger partial charge in [0.25, 0.3) is 0 Å². The van der Waals surface area contributed by atoms with E-state index in [1.807, 2.05) is 39.8 Å². The second kappa shape index (κ2) is 10.1. The summed E-state index contributed by atoms with van der Waals surface area (Å²) in [5.41, 5.74) is 2.23. The van der Waals surface area contributed by atoms with Gasteiger partial charge in [0, 0.05) is 14.5 Å². The molecule has 0 bridgehead atoms. The topological polar surface area (TPSA) is 104 Å². The van der Waals surface area contributed by atoms with Gasteiger partial charge in [0.1, 0.15) is 11.5 Å². The molecule has 0 radical (unpaired) electrons. The summed E-state index contributed by atoms with van der Waals surface area (Å²) < 4.78 is 7.14. The maximum absolute atomic E-state index is 13.3. The first-order valence-electron chi connectivity index (χ1n) is 12.3. The summed E-state index contributed by atoms with van der Waals surface area (Å²) in [5.74, 6) is -1.99. The summed E-state index contributed by atoms with van der Waals surface area (Å²) in [6.45, 7) is 7.82. The number of aromatic carboxylic acids is 1. The molecule has 0 fully saturated rings. The minimum absolute atomic E-state index is 0.0468. The lowest BCUT2D eigenvalue weighted by Gasteiger charge is -2.35. The molecule has 37 heavy (non-hydrogen) atoms. The van der Waals surface area contributed by atoms with Gasteiger partial charge < -0.3 is 20.1 Å². The van der Waals surface area contributed by atoms with Gasteiger partial charge in [-0.05, 0) is 78.3 Å². The third-order valence-electron chi connectivity index (χ3n) is 7.18. The first kappa shape index (κ1) is 27.2. The predicted octanol–water partition coefficient (Wildman–Crippen LogP) is 7.03. The zero-order valence-corrected chi connectivity index (χ0v) is 24.2. The van der Waals surface area contributed by atoms with Crippen molar-refractivity contribution in [2.24, 2.45) is 0 Å². The number of carboxylic acids is 1. The average molecular weight is 632 g/mol. The largest absolute Gasteiger partial charge is 0.507 e. The van der Waals surface area contributed by atoms with Crippen molar-refractivity contribution in [3.8, 4) is 11.5 Å². The zero-order chi connectivity index (χ0) is 27.2. The van der Waals surface area contributed by atoms with Crippen LogP contribution in [0, 0.1) is 0 Å². The van der Waals surface area contributed by atoms with Crippen LogP contribution in [0.2, 0.25) is 0 Å². The summed E-state index contributed by atoms with van der Waals surface area (Å²) in [6, 6.07) is 7.92. The Morgan fingerprint density at radius 3 is 1.73 bits per heavy atom. The molecule has 1 aliphatic heterocycles. The van der Waals surface area contributed by atoms with Crippen molar-refractivity contribution in [2.75, 3.05) is 0 Å². The van der Waals surface area contributed by atoms with E-state index in [9.17, 15) is 24.9 Å². The smallest absolute Gasteiger partial charge is 0.340 e. The fourth-order valence-corrected chi connectivity index (χ4v) is 6.92. The first-order chi connectivity index (χ1) is 17.6. The molecule has 0 saturated heterocycles. The Kier molecular flexibility index (Phi) is 7.45. The van der Waals surface area contributed by atoms with Crippen molar-refractivity contribution >= 4 is 43.8 Å². The van der Waals surface area contributed by atoms with Gasteiger partial charge in [-0.2, -0.15) is 0 Å². The van der Waals surface area contributed by atoms with Crippen molar-refractivity contribution in [1.82, 2.24) is 0 Å². The molecule has 1 heterocycles. The molecule has 3 N–H and O–H groups in total. The lowest BCUT2D eigenvalue weighted by molar-refractivity contribution is 0.0234. The number of halogens is 2. The number of phenolic OH excluding ortho intramolecular Hbond substituents is 2. The average Bonchev–Trinajstić information content (AvgIpc) is 3.14. The van der Waals surface area contributed by atoms with Crippen LogP contribution in [-0.2, 0) is 36.0 Å². The fourth-order valence-electron chi connectivity index (χ4n) is 5.44. The van der Waals surface area contributed by atoms with Crippen LogP contribution >= 0.6 is 31.9 Å². The van der Waals surface area contributed by atoms with E-state index >= 15 is 0 Å². The second-order valence-corrected chi connectivity index (χ2v) is 10.7. The number of esters is 1. The Labute approximate surface area is 232 Å². The highest BCUT2D eigenvalue weighted by molar-refractivity contribution is 9.10. The van der Waals surface area contributed by atoms with E-state index in [4.69, 9.17) is 4.74 Å². The van der Waals surface area contributed by atoms with E-state index in [1.54, 1.807) is 0 Å². The van der Waals surface area contributed by atoms with Crippen LogP contribution in [0.1, 0.15) is 87.4 Å². The molecule has 0 saturated carbocycles. The molecule has 0 aliphatic carbocycles. The van der Waals surface area contributed by atoms with Gasteiger partial charge in [-0.15, -0.1) is 0 Å². The van der Waals surface area contributed by atoms with Gasteiger partial charge in [0.15, 0.2) is 5.60 Å². The SMILES string of the molecule is CCc1cc(Br)c(C2(c3c(Br)cc(CC)c(CC)c3O)OC(=O)c3ccc(C(=O)O)cc32)c(O)c1CC. The molecular weight excluding hydrogens is 604 g/mol. The van der Waals surface area contributed by atoms with Gasteiger partial charge in [-0.3, -0.25) is 0 Å². The molecule has 8 heteroatoms. The molecule has 0 amide bonds. The number of hydrogen-bond acceptors (Lipinski definition) is 5. The second-order valence-electron chi connectivity index (χ2n) is 8.99. The minimum atomic E-state index is -1.82. The third kappa shape index (κ3) is 4.05. The molecule has 0 atom stereocenters. The van der Waals surface area contributed by atoms with E-state index in [-0.39, 0.29) is 39.3 Å². The molecule has 6 nitrogen and oxygen atoms in total. The highest BCUT2D eigenvalue weighted by Gasteiger charge is 2.54. The van der Waals surface area contributed by atoms with E-state index in [0.29, 0.717) is 45.8 Å². The molecule has 3 aromatic rings. The number of aromatic hydroxyl groups is 2. The van der Waals surface area contributed by atoms with Crippen LogP contribution in [0.4, 0.5) is 0 Å². The lowest BCUT2D eigenvalue weighted by Crippen LogP contribution is -2.32. The molecule has 0 aromatic heterocycles. The highest BCUT2D eigenvalue weighted by atomic mass is 79.9. The van der Waals surface area contributed by atoms with Gasteiger partial charge in [0.2, 0.25) is 0 Å². The number of carbonyl (C=O) groups excluding carboxylic acids is 1. The van der Waals surface area contributed by atoms with Gasteiger partial charge in [-0.1, -0.05) is 59.6 Å². The van der Waals surface area contributed by atoms with Crippen LogP contribution in [0.25, 0.3) is 0 Å². The summed E-state index contributed by atoms with van der Waals surface area (Å²) in [7, 11) is 0. The van der Waals surface area contributed by atoms with Crippen LogP contribution in [0.15, 0.2) is 39.3 Å². The van der Waals surface area contributed by atoms with Gasteiger partial charge in [-0.25, -0.2) is 9.59 Å². The lowest BCUT2D eigenvalue weighted by atomic mass is 9.76. The Hall–Kier alpha value is -2.84. The monoisotopic (exact) mass is 630 g/mol. The maximum Gasteiger partial charge on any atom is 0.340 e. The third-order valence-corrected chi connectivity index (χ3v) is 8.44. The Bertz CT molecular complexity index is 1380. The molecule has 0 unspecified atom stereocenters. The number of aryl methyl sites for hydroxylation is 2. The molecular formula is C29H28Br2O6. The number of benzene rings is 3. The Morgan fingerprint density at radius 1 is 0.838 bits per heavy atom. The number of phenols is 2. The Morgan fingerprint density at radius 2 is 1.32 bits per heavy atom. The van der Waals surface area contributed by atoms with Crippen molar-refractivity contribution in [2.45, 2.75) is 59.0 Å². The molecule has 4 rings (SSSR count). The van der Waals surface area contributed by atoms with Crippen molar-refractivity contribution in [1.29, 1.82) is 0 Å². The summed E-state index contributed by atoms with van der Waals surface area (Å²) >= 11 is 7.22. The highest BCUT2D eigenvalue weighted by Crippen LogP contribution is 2.57. The standard InChI is InChI=1S/C29H28Br2O6/c1-5-14-12-21(30)23(25(32)17(14)7-3)29(24-22(31)13-15(6-2)18(8-4)26(24)33)20-11-16(27(34)35)9-10-19(20)28(36)37-29/h9-13,32-33H,5-8H2,1-4H3,(H,34,35). The quantitative estimate of drug-likeness (QED) is 0.242. The van der Waals surface area contributed by atoms with E-state index in [2.05, 4.69) is 31.9 Å². The number of cyclic esters (lactones) is 1. The molecule has 3 aromatic carbocycles. The van der Waals surface area contributed by atoms with Crippen LogP contribution in [0.3, 0.4) is 0 Å². The normalized spacial score (nSPS) is 13.9. The fraction of sp³-hybridized carbons (Fsp3) is 0.310. The van der Waals surface area contributed by atoms with Crippen LogP contribution in [-0.4, -0.2) is 27.3 Å². The van der Waals surface area contributed by atoms with E-state index < -0.39 is 17.5 Å². The minimum Gasteiger partial charge on any atom is -0.507 e.